The quantitative estimate of drug-likeness (QED) is 0.721. The maximum absolute atomic E-state index is 11.5. The Balaban J connectivity index is 1.96. The lowest BCUT2D eigenvalue weighted by Crippen LogP contribution is -2.39. The van der Waals surface area contributed by atoms with Crippen LogP contribution in [0.3, 0.4) is 0 Å². The van der Waals surface area contributed by atoms with Crippen LogP contribution in [0.1, 0.15) is 39.0 Å². The smallest absolute Gasteiger partial charge is 0.225 e. The second kappa shape index (κ2) is 3.89. The van der Waals surface area contributed by atoms with Crippen molar-refractivity contribution in [2.75, 3.05) is 6.54 Å². The summed E-state index contributed by atoms with van der Waals surface area (Å²) in [5.74, 6) is 0.807. The van der Waals surface area contributed by atoms with Crippen molar-refractivity contribution in [3.05, 3.63) is 0 Å². The molecule has 2 atom stereocenters. The highest BCUT2D eigenvalue weighted by Gasteiger charge is 2.35. The Labute approximate surface area is 85.1 Å². The molecule has 0 aromatic rings. The SMILES string of the molecule is CC(C1CCCC1)N1CC(O)CC1=O. The molecule has 0 radical (unpaired) electrons. The van der Waals surface area contributed by atoms with Crippen LogP contribution in [-0.4, -0.2) is 34.6 Å². The Morgan fingerprint density at radius 1 is 1.43 bits per heavy atom. The zero-order valence-electron chi connectivity index (χ0n) is 8.78. The van der Waals surface area contributed by atoms with E-state index in [1.165, 1.54) is 25.7 Å². The Morgan fingerprint density at radius 3 is 2.57 bits per heavy atom. The molecule has 3 heteroatoms. The van der Waals surface area contributed by atoms with E-state index < -0.39 is 6.10 Å². The van der Waals surface area contributed by atoms with Gasteiger partial charge in [0.25, 0.3) is 0 Å². The maximum Gasteiger partial charge on any atom is 0.225 e. The number of carbonyl (C=O) groups is 1. The van der Waals surface area contributed by atoms with Crippen LogP contribution in [0.4, 0.5) is 0 Å². The summed E-state index contributed by atoms with van der Waals surface area (Å²) >= 11 is 0. The molecule has 1 aliphatic carbocycles. The Morgan fingerprint density at radius 2 is 2.07 bits per heavy atom. The Bertz CT molecular complexity index is 223. The van der Waals surface area contributed by atoms with Gasteiger partial charge in [-0.25, -0.2) is 0 Å². The highest BCUT2D eigenvalue weighted by atomic mass is 16.3. The summed E-state index contributed by atoms with van der Waals surface area (Å²) in [6, 6.07) is 0.335. The average molecular weight is 197 g/mol. The van der Waals surface area contributed by atoms with Crippen molar-refractivity contribution in [1.29, 1.82) is 0 Å². The van der Waals surface area contributed by atoms with E-state index in [-0.39, 0.29) is 5.91 Å². The third kappa shape index (κ3) is 1.78. The average Bonchev–Trinajstić information content (AvgIpc) is 2.73. The van der Waals surface area contributed by atoms with E-state index in [2.05, 4.69) is 6.92 Å². The molecule has 1 saturated heterocycles. The molecule has 0 aromatic carbocycles. The van der Waals surface area contributed by atoms with Gasteiger partial charge in [-0.3, -0.25) is 4.79 Å². The molecule has 1 saturated carbocycles. The molecule has 2 rings (SSSR count). The molecule has 80 valence electrons. The van der Waals surface area contributed by atoms with Crippen molar-refractivity contribution < 1.29 is 9.90 Å². The normalized spacial score (nSPS) is 31.4. The second-order valence-corrected chi connectivity index (χ2v) is 4.69. The van der Waals surface area contributed by atoms with Gasteiger partial charge in [0.05, 0.1) is 12.5 Å². The van der Waals surface area contributed by atoms with Gasteiger partial charge < -0.3 is 10.0 Å². The lowest BCUT2D eigenvalue weighted by molar-refractivity contribution is -0.130. The van der Waals surface area contributed by atoms with E-state index in [1.54, 1.807) is 0 Å². The van der Waals surface area contributed by atoms with Gasteiger partial charge >= 0.3 is 0 Å². The van der Waals surface area contributed by atoms with Crippen LogP contribution in [0, 0.1) is 5.92 Å². The number of carbonyl (C=O) groups excluding carboxylic acids is 1. The van der Waals surface area contributed by atoms with Gasteiger partial charge in [-0.1, -0.05) is 12.8 Å². The molecule has 14 heavy (non-hydrogen) atoms. The van der Waals surface area contributed by atoms with Crippen molar-refractivity contribution in [2.24, 2.45) is 5.92 Å². The van der Waals surface area contributed by atoms with Crippen LogP contribution < -0.4 is 0 Å². The molecular formula is C11H19NO2. The van der Waals surface area contributed by atoms with E-state index in [0.29, 0.717) is 24.9 Å². The number of likely N-dealkylation sites (tertiary alicyclic amines) is 1. The molecule has 2 unspecified atom stereocenters. The molecule has 1 aliphatic heterocycles. The van der Waals surface area contributed by atoms with Gasteiger partial charge in [0, 0.05) is 12.6 Å². The van der Waals surface area contributed by atoms with Crippen LogP contribution in [0.5, 0.6) is 0 Å². The minimum Gasteiger partial charge on any atom is -0.391 e. The predicted octanol–water partition coefficient (Wildman–Crippen LogP) is 1.16. The zero-order chi connectivity index (χ0) is 10.1. The number of hydrogen-bond acceptors (Lipinski definition) is 2. The highest BCUT2D eigenvalue weighted by molar-refractivity contribution is 5.79. The lowest BCUT2D eigenvalue weighted by Gasteiger charge is -2.29. The number of β-amino-alcohol motifs (C(OH)–C–C–N with tert-alkyl or cyclic N) is 1. The van der Waals surface area contributed by atoms with Crippen LogP contribution in [0.2, 0.25) is 0 Å². The fraction of sp³-hybridized carbons (Fsp3) is 0.909. The molecule has 3 nitrogen and oxygen atoms in total. The molecule has 1 heterocycles. The first-order chi connectivity index (χ1) is 6.68. The maximum atomic E-state index is 11.5. The van der Waals surface area contributed by atoms with E-state index in [9.17, 15) is 9.90 Å². The van der Waals surface area contributed by atoms with Crippen LogP contribution in [-0.2, 0) is 4.79 Å². The van der Waals surface area contributed by atoms with Crippen molar-refractivity contribution in [1.82, 2.24) is 4.90 Å². The molecule has 0 bridgehead atoms. The van der Waals surface area contributed by atoms with Gasteiger partial charge in [0.15, 0.2) is 0 Å². The summed E-state index contributed by atoms with van der Waals surface area (Å²) in [7, 11) is 0. The van der Waals surface area contributed by atoms with Crippen molar-refractivity contribution in [3.63, 3.8) is 0 Å². The van der Waals surface area contributed by atoms with Gasteiger partial charge in [0.1, 0.15) is 0 Å². The summed E-state index contributed by atoms with van der Waals surface area (Å²) in [4.78, 5) is 13.4. The van der Waals surface area contributed by atoms with E-state index in [4.69, 9.17) is 0 Å². The minimum absolute atomic E-state index is 0.136. The van der Waals surface area contributed by atoms with Gasteiger partial charge in [0.2, 0.25) is 5.91 Å². The standard InChI is InChI=1S/C11H19NO2/c1-8(9-4-2-3-5-9)12-7-10(13)6-11(12)14/h8-10,13H,2-7H2,1H3. The van der Waals surface area contributed by atoms with Crippen LogP contribution in [0.15, 0.2) is 0 Å². The summed E-state index contributed by atoms with van der Waals surface area (Å²) in [6.45, 7) is 2.68. The molecule has 2 aliphatic rings. The molecule has 2 fully saturated rings. The fourth-order valence-electron chi connectivity index (χ4n) is 2.80. The summed E-state index contributed by atoms with van der Waals surface area (Å²) in [6.07, 6.45) is 5.02. The summed E-state index contributed by atoms with van der Waals surface area (Å²) < 4.78 is 0. The summed E-state index contributed by atoms with van der Waals surface area (Å²) in [5, 5.41) is 9.40. The third-order valence-electron chi connectivity index (χ3n) is 3.71. The van der Waals surface area contributed by atoms with E-state index >= 15 is 0 Å². The zero-order valence-corrected chi connectivity index (χ0v) is 8.78. The third-order valence-corrected chi connectivity index (χ3v) is 3.71. The first kappa shape index (κ1) is 9.97. The summed E-state index contributed by atoms with van der Waals surface area (Å²) in [5.41, 5.74) is 0. The number of rotatable bonds is 2. The molecular weight excluding hydrogens is 178 g/mol. The number of nitrogens with zero attached hydrogens (tertiary/aromatic N) is 1. The number of aliphatic hydroxyl groups excluding tert-OH is 1. The van der Waals surface area contributed by atoms with Gasteiger partial charge in [-0.15, -0.1) is 0 Å². The van der Waals surface area contributed by atoms with E-state index in [1.807, 2.05) is 4.90 Å². The second-order valence-electron chi connectivity index (χ2n) is 4.69. The highest BCUT2D eigenvalue weighted by Crippen LogP contribution is 2.31. The molecule has 1 N–H and O–H groups in total. The van der Waals surface area contributed by atoms with Crippen molar-refractivity contribution in [2.45, 2.75) is 51.2 Å². The number of amides is 1. The Hall–Kier alpha value is -0.570. The number of hydrogen-bond donors (Lipinski definition) is 1. The van der Waals surface area contributed by atoms with E-state index in [0.717, 1.165) is 0 Å². The minimum atomic E-state index is -0.425. The van der Waals surface area contributed by atoms with Crippen molar-refractivity contribution >= 4 is 5.91 Å². The van der Waals surface area contributed by atoms with Gasteiger partial charge in [-0.05, 0) is 25.7 Å². The first-order valence-electron chi connectivity index (χ1n) is 5.66. The first-order valence-corrected chi connectivity index (χ1v) is 5.66. The Kier molecular flexibility index (Phi) is 2.77. The topological polar surface area (TPSA) is 40.5 Å². The monoisotopic (exact) mass is 197 g/mol. The van der Waals surface area contributed by atoms with Crippen molar-refractivity contribution in [3.8, 4) is 0 Å². The van der Waals surface area contributed by atoms with Gasteiger partial charge in [-0.2, -0.15) is 0 Å². The predicted molar refractivity (Wildman–Crippen MR) is 53.8 cm³/mol. The van der Waals surface area contributed by atoms with Crippen LogP contribution >= 0.6 is 0 Å². The number of aliphatic hydroxyl groups is 1. The fourth-order valence-corrected chi connectivity index (χ4v) is 2.80. The largest absolute Gasteiger partial charge is 0.391 e. The van der Waals surface area contributed by atoms with Crippen LogP contribution in [0.25, 0.3) is 0 Å². The molecule has 0 aromatic heterocycles. The molecule has 0 spiro atoms. The lowest BCUT2D eigenvalue weighted by atomic mass is 9.98. The molecule has 1 amide bonds.